The van der Waals surface area contributed by atoms with E-state index in [4.69, 9.17) is 29.5 Å². The van der Waals surface area contributed by atoms with E-state index in [1.807, 2.05) is 17.5 Å². The van der Waals surface area contributed by atoms with Crippen molar-refractivity contribution in [3.05, 3.63) is 23.5 Å². The second-order valence-electron chi connectivity index (χ2n) is 8.89. The van der Waals surface area contributed by atoms with Crippen LogP contribution < -0.4 is 15.0 Å². The van der Waals surface area contributed by atoms with E-state index in [1.165, 1.54) is 12.8 Å². The van der Waals surface area contributed by atoms with Gasteiger partial charge in [-0.3, -0.25) is 4.98 Å². The van der Waals surface area contributed by atoms with Crippen LogP contribution in [-0.4, -0.2) is 63.5 Å². The lowest BCUT2D eigenvalue weighted by Crippen LogP contribution is -2.29. The molecule has 0 unspecified atom stereocenters. The summed E-state index contributed by atoms with van der Waals surface area (Å²) < 4.78 is 13.2. The maximum Gasteiger partial charge on any atom is 0.236 e. The van der Waals surface area contributed by atoms with Crippen LogP contribution in [0.1, 0.15) is 43.5 Å². The van der Waals surface area contributed by atoms with Gasteiger partial charge in [-0.15, -0.1) is 0 Å². The fraction of sp³-hybridized carbons (Fsp3) is 0.565. The van der Waals surface area contributed by atoms with Crippen molar-refractivity contribution in [1.82, 2.24) is 24.6 Å². The zero-order valence-corrected chi connectivity index (χ0v) is 18.5. The highest BCUT2D eigenvalue weighted by Crippen LogP contribution is 2.30. The highest BCUT2D eigenvalue weighted by molar-refractivity contribution is 5.67. The maximum absolute atomic E-state index is 5.77. The van der Waals surface area contributed by atoms with Gasteiger partial charge in [-0.25, -0.2) is 9.97 Å². The lowest BCUT2D eigenvalue weighted by Gasteiger charge is -2.25. The van der Waals surface area contributed by atoms with E-state index in [0.29, 0.717) is 18.5 Å². The van der Waals surface area contributed by atoms with Crippen LogP contribution in [0.4, 0.5) is 11.6 Å². The minimum absolute atomic E-state index is 0.368. The molecule has 0 amide bonds. The molecule has 168 valence electrons. The molecule has 0 aliphatic carbocycles. The molecule has 6 heterocycles. The number of nitrogens with one attached hydrogen (secondary N) is 1. The first-order valence-electron chi connectivity index (χ1n) is 11.8. The Kier molecular flexibility index (Phi) is 5.05. The molecule has 1 N–H and O–H groups in total. The van der Waals surface area contributed by atoms with Gasteiger partial charge in [-0.2, -0.15) is 9.61 Å². The summed E-state index contributed by atoms with van der Waals surface area (Å²) in [6, 6.07) is 4.52. The Morgan fingerprint density at radius 1 is 1.00 bits per heavy atom. The topological polar surface area (TPSA) is 89.7 Å². The van der Waals surface area contributed by atoms with Gasteiger partial charge in [-0.05, 0) is 45.4 Å². The van der Waals surface area contributed by atoms with Gasteiger partial charge in [0.2, 0.25) is 5.88 Å². The molecule has 32 heavy (non-hydrogen) atoms. The molecule has 3 aromatic rings. The minimum Gasteiger partial charge on any atom is -0.476 e. The number of fused-ring (bicyclic) bond motifs is 2. The summed E-state index contributed by atoms with van der Waals surface area (Å²) in [5.74, 6) is 2.61. The van der Waals surface area contributed by atoms with Gasteiger partial charge in [0.1, 0.15) is 28.7 Å². The average Bonchev–Trinajstić information content (AvgIpc) is 3.49. The number of hydrogen-bond donors (Lipinski definition) is 1. The van der Waals surface area contributed by atoms with Crippen molar-refractivity contribution < 1.29 is 9.47 Å². The molecule has 2 saturated heterocycles. The molecule has 3 aromatic heterocycles. The molecular formula is C23H29N7O2. The molecule has 3 aliphatic heterocycles. The van der Waals surface area contributed by atoms with Crippen molar-refractivity contribution in [3.8, 4) is 17.3 Å². The first kappa shape index (κ1) is 19.7. The van der Waals surface area contributed by atoms with Crippen molar-refractivity contribution in [3.63, 3.8) is 0 Å². The van der Waals surface area contributed by atoms with Gasteiger partial charge in [0.05, 0.1) is 12.3 Å². The van der Waals surface area contributed by atoms with Crippen molar-refractivity contribution in [2.75, 3.05) is 43.1 Å². The molecular weight excluding hydrogens is 406 g/mol. The Morgan fingerprint density at radius 2 is 1.84 bits per heavy atom. The Bertz CT molecular complexity index is 1130. The zero-order valence-electron chi connectivity index (χ0n) is 18.5. The second kappa shape index (κ2) is 8.20. The quantitative estimate of drug-likeness (QED) is 0.669. The molecule has 6 rings (SSSR count). The third kappa shape index (κ3) is 3.64. The van der Waals surface area contributed by atoms with Crippen LogP contribution in [0.3, 0.4) is 0 Å². The molecule has 0 atom stereocenters. The predicted octanol–water partition coefficient (Wildman–Crippen LogP) is 3.01. The van der Waals surface area contributed by atoms with Crippen LogP contribution in [0.5, 0.6) is 5.88 Å². The zero-order chi connectivity index (χ0) is 21.5. The third-order valence-electron chi connectivity index (χ3n) is 6.56. The smallest absolute Gasteiger partial charge is 0.236 e. The molecule has 9 nitrogen and oxygen atoms in total. The second-order valence-corrected chi connectivity index (χ2v) is 8.89. The van der Waals surface area contributed by atoms with Crippen LogP contribution in [0.15, 0.2) is 12.1 Å². The number of rotatable bonds is 4. The molecule has 3 aliphatic rings. The Hall–Kier alpha value is -2.94. The van der Waals surface area contributed by atoms with Crippen molar-refractivity contribution in [2.45, 2.75) is 51.5 Å². The van der Waals surface area contributed by atoms with Gasteiger partial charge >= 0.3 is 0 Å². The van der Waals surface area contributed by atoms with E-state index in [0.717, 1.165) is 92.0 Å². The molecule has 9 heteroatoms. The summed E-state index contributed by atoms with van der Waals surface area (Å²) in [5, 5.41) is 8.62. The Morgan fingerprint density at radius 3 is 2.69 bits per heavy atom. The van der Waals surface area contributed by atoms with Crippen LogP contribution in [0.2, 0.25) is 0 Å². The van der Waals surface area contributed by atoms with E-state index >= 15 is 0 Å². The summed E-state index contributed by atoms with van der Waals surface area (Å²) in [6.07, 6.45) is 6.30. The lowest BCUT2D eigenvalue weighted by molar-refractivity contribution is 0.0903. The summed E-state index contributed by atoms with van der Waals surface area (Å²) >= 11 is 0. The first-order chi connectivity index (χ1) is 15.7. The predicted molar refractivity (Wildman–Crippen MR) is 121 cm³/mol. The minimum atomic E-state index is 0.368. The first-order valence-corrected chi connectivity index (χ1v) is 11.8. The van der Waals surface area contributed by atoms with Crippen LogP contribution in [-0.2, 0) is 11.2 Å². The van der Waals surface area contributed by atoms with E-state index in [-0.39, 0.29) is 0 Å². The summed E-state index contributed by atoms with van der Waals surface area (Å²) in [5.41, 5.74) is 4.16. The number of aromatic nitrogens is 5. The van der Waals surface area contributed by atoms with Gasteiger partial charge in [0.15, 0.2) is 5.65 Å². The Balaban J connectivity index is 1.43. The van der Waals surface area contributed by atoms with E-state index in [2.05, 4.69) is 16.3 Å². The average molecular weight is 436 g/mol. The number of ether oxygens (including phenoxy) is 2. The molecule has 0 spiro atoms. The number of hydrogen-bond acceptors (Lipinski definition) is 8. The molecule has 0 bridgehead atoms. The highest BCUT2D eigenvalue weighted by Gasteiger charge is 2.23. The van der Waals surface area contributed by atoms with Crippen LogP contribution in [0, 0.1) is 6.92 Å². The fourth-order valence-electron chi connectivity index (χ4n) is 4.82. The normalized spacial score (nSPS) is 19.2. The van der Waals surface area contributed by atoms with Crippen LogP contribution in [0.25, 0.3) is 17.0 Å². The standard InChI is InChI=1S/C23H29N7O2/c1-15-22(27-23-17(24-15)5-4-10-32-23)18-13-20-26-19(29-8-2-3-9-29)14-21(30(20)28-18)25-16-6-11-31-12-7-16/h13-14,16,25H,2-12H2,1H3. The maximum atomic E-state index is 5.77. The lowest BCUT2D eigenvalue weighted by atomic mass is 10.1. The van der Waals surface area contributed by atoms with E-state index in [9.17, 15) is 0 Å². The Labute approximate surface area is 187 Å². The highest BCUT2D eigenvalue weighted by atomic mass is 16.5. The van der Waals surface area contributed by atoms with E-state index < -0.39 is 0 Å². The molecule has 0 aromatic carbocycles. The molecule has 0 saturated carbocycles. The number of aryl methyl sites for hydroxylation is 2. The fourth-order valence-corrected chi connectivity index (χ4v) is 4.82. The summed E-state index contributed by atoms with van der Waals surface area (Å²) in [7, 11) is 0. The van der Waals surface area contributed by atoms with Crippen molar-refractivity contribution in [1.29, 1.82) is 0 Å². The van der Waals surface area contributed by atoms with Crippen LogP contribution >= 0.6 is 0 Å². The summed E-state index contributed by atoms with van der Waals surface area (Å²) in [6.45, 7) is 6.36. The van der Waals surface area contributed by atoms with Gasteiger partial charge in [0.25, 0.3) is 0 Å². The largest absolute Gasteiger partial charge is 0.476 e. The number of nitrogens with zero attached hydrogens (tertiary/aromatic N) is 6. The summed E-state index contributed by atoms with van der Waals surface area (Å²) in [4.78, 5) is 16.9. The number of anilines is 2. The monoisotopic (exact) mass is 435 g/mol. The van der Waals surface area contributed by atoms with Gasteiger partial charge in [0, 0.05) is 44.5 Å². The van der Waals surface area contributed by atoms with Crippen molar-refractivity contribution in [2.24, 2.45) is 0 Å². The van der Waals surface area contributed by atoms with E-state index in [1.54, 1.807) is 0 Å². The van der Waals surface area contributed by atoms with Gasteiger partial charge < -0.3 is 19.7 Å². The van der Waals surface area contributed by atoms with Gasteiger partial charge in [-0.1, -0.05) is 0 Å². The van der Waals surface area contributed by atoms with Crippen molar-refractivity contribution >= 4 is 17.3 Å². The molecule has 2 fully saturated rings. The third-order valence-corrected chi connectivity index (χ3v) is 6.56. The molecule has 0 radical (unpaired) electrons. The SMILES string of the molecule is Cc1nc2c(nc1-c1cc3nc(N4CCCC4)cc(NC4CCOCC4)n3n1)OCCC2.